The van der Waals surface area contributed by atoms with E-state index in [2.05, 4.69) is 4.98 Å². The van der Waals surface area contributed by atoms with E-state index < -0.39 is 0 Å². The third kappa shape index (κ3) is 1.85. The highest BCUT2D eigenvalue weighted by molar-refractivity contribution is 6.04. The van der Waals surface area contributed by atoms with Crippen LogP contribution in [-0.2, 0) is 0 Å². The molecule has 3 heteroatoms. The number of aromatic nitrogens is 1. The van der Waals surface area contributed by atoms with Crippen molar-refractivity contribution in [3.63, 3.8) is 0 Å². The average molecular weight is 248 g/mol. The summed E-state index contributed by atoms with van der Waals surface area (Å²) in [7, 11) is 0. The van der Waals surface area contributed by atoms with E-state index in [9.17, 15) is 4.79 Å². The topological polar surface area (TPSA) is 56.0 Å². The maximum atomic E-state index is 11.3. The quantitative estimate of drug-likeness (QED) is 0.708. The van der Waals surface area contributed by atoms with E-state index in [-0.39, 0.29) is 0 Å². The lowest BCUT2D eigenvalue weighted by atomic mass is 10.0. The molecular weight excluding hydrogens is 236 g/mol. The van der Waals surface area contributed by atoms with Gasteiger partial charge in [-0.3, -0.25) is 4.79 Å². The van der Waals surface area contributed by atoms with Crippen LogP contribution in [0.1, 0.15) is 10.4 Å². The number of nitrogens with zero attached hydrogens (tertiary/aromatic N) is 1. The zero-order valence-corrected chi connectivity index (χ0v) is 10.2. The second kappa shape index (κ2) is 4.53. The summed E-state index contributed by atoms with van der Waals surface area (Å²) in [5.74, 6) is 0. The Morgan fingerprint density at radius 2 is 1.63 bits per heavy atom. The van der Waals surface area contributed by atoms with Crippen molar-refractivity contribution in [1.82, 2.24) is 4.98 Å². The summed E-state index contributed by atoms with van der Waals surface area (Å²) in [4.78, 5) is 15.9. The van der Waals surface area contributed by atoms with Gasteiger partial charge in [-0.25, -0.2) is 4.98 Å². The largest absolute Gasteiger partial charge is 0.398 e. The maximum absolute atomic E-state index is 11.3. The van der Waals surface area contributed by atoms with Crippen LogP contribution in [0.2, 0.25) is 0 Å². The number of anilines is 1. The molecule has 3 rings (SSSR count). The number of fused-ring (bicyclic) bond motifs is 1. The molecule has 3 nitrogen and oxygen atoms in total. The average Bonchev–Trinajstić information content (AvgIpc) is 2.48. The van der Waals surface area contributed by atoms with Crippen molar-refractivity contribution in [2.24, 2.45) is 0 Å². The van der Waals surface area contributed by atoms with Gasteiger partial charge in [0.25, 0.3) is 0 Å². The van der Waals surface area contributed by atoms with Gasteiger partial charge in [0.2, 0.25) is 0 Å². The third-order valence-corrected chi connectivity index (χ3v) is 3.14. The van der Waals surface area contributed by atoms with Crippen LogP contribution >= 0.6 is 0 Å². The second-order valence-corrected chi connectivity index (χ2v) is 4.29. The lowest BCUT2D eigenvalue weighted by Gasteiger charge is -2.10. The number of aldehydes is 1. The van der Waals surface area contributed by atoms with Gasteiger partial charge in [0.05, 0.1) is 22.5 Å². The Morgan fingerprint density at radius 1 is 0.947 bits per heavy atom. The van der Waals surface area contributed by atoms with Gasteiger partial charge in [0.1, 0.15) is 0 Å². The first kappa shape index (κ1) is 11.4. The molecule has 0 saturated heterocycles. The smallest absolute Gasteiger partial charge is 0.154 e. The molecule has 0 aliphatic heterocycles. The molecular formula is C16H12N2O. The lowest BCUT2D eigenvalue weighted by molar-refractivity contribution is 0.112. The lowest BCUT2D eigenvalue weighted by Crippen LogP contribution is -2.00. The van der Waals surface area contributed by atoms with Crippen LogP contribution in [0.5, 0.6) is 0 Å². The first-order chi connectivity index (χ1) is 9.31. The van der Waals surface area contributed by atoms with Crippen LogP contribution in [0.4, 0.5) is 5.69 Å². The minimum atomic E-state index is 0.449. The molecule has 19 heavy (non-hydrogen) atoms. The molecule has 0 aliphatic carbocycles. The molecule has 0 unspecified atom stereocenters. The van der Waals surface area contributed by atoms with Crippen molar-refractivity contribution < 1.29 is 4.79 Å². The minimum absolute atomic E-state index is 0.449. The number of carbonyl (C=O) groups is 1. The molecule has 1 heterocycles. The number of rotatable bonds is 2. The van der Waals surface area contributed by atoms with E-state index in [1.807, 2.05) is 54.6 Å². The zero-order chi connectivity index (χ0) is 13.2. The Balaban J connectivity index is 2.39. The van der Waals surface area contributed by atoms with E-state index in [0.717, 1.165) is 22.8 Å². The first-order valence-corrected chi connectivity index (χ1v) is 6.00. The monoisotopic (exact) mass is 248 g/mol. The molecule has 2 aromatic carbocycles. The fourth-order valence-electron chi connectivity index (χ4n) is 2.19. The van der Waals surface area contributed by atoms with Crippen LogP contribution in [0.25, 0.3) is 22.2 Å². The molecule has 0 amide bonds. The molecule has 1 aromatic heterocycles. The van der Waals surface area contributed by atoms with Gasteiger partial charge in [0.15, 0.2) is 6.29 Å². The molecule has 0 fully saturated rings. The van der Waals surface area contributed by atoms with E-state index >= 15 is 0 Å². The molecule has 2 N–H and O–H groups in total. The molecule has 0 bridgehead atoms. The molecule has 0 atom stereocenters. The Morgan fingerprint density at radius 3 is 2.37 bits per heavy atom. The van der Waals surface area contributed by atoms with E-state index in [1.54, 1.807) is 0 Å². The number of hydrogen-bond acceptors (Lipinski definition) is 3. The van der Waals surface area contributed by atoms with E-state index in [1.165, 1.54) is 0 Å². The highest BCUT2D eigenvalue weighted by Crippen LogP contribution is 2.30. The summed E-state index contributed by atoms with van der Waals surface area (Å²) < 4.78 is 0. The summed E-state index contributed by atoms with van der Waals surface area (Å²) in [6, 6.07) is 17.2. The van der Waals surface area contributed by atoms with Crippen molar-refractivity contribution >= 4 is 22.9 Å². The van der Waals surface area contributed by atoms with Crippen LogP contribution in [0.3, 0.4) is 0 Å². The second-order valence-electron chi connectivity index (χ2n) is 4.29. The fourth-order valence-corrected chi connectivity index (χ4v) is 2.19. The third-order valence-electron chi connectivity index (χ3n) is 3.14. The van der Waals surface area contributed by atoms with Gasteiger partial charge in [-0.2, -0.15) is 0 Å². The maximum Gasteiger partial charge on any atom is 0.154 e. The standard InChI is InChI=1S/C16H12N2O/c17-15-12-8-4-5-9-14(12)18-16(13(15)10-19)11-6-2-1-3-7-11/h1-10H,(H2,17,18). The van der Waals surface area contributed by atoms with Gasteiger partial charge in [-0.15, -0.1) is 0 Å². The van der Waals surface area contributed by atoms with Gasteiger partial charge < -0.3 is 5.73 Å². The van der Waals surface area contributed by atoms with Crippen molar-refractivity contribution in [2.75, 3.05) is 5.73 Å². The highest BCUT2D eigenvalue weighted by atomic mass is 16.1. The molecule has 0 spiro atoms. The number of benzene rings is 2. The first-order valence-electron chi connectivity index (χ1n) is 6.00. The Bertz CT molecular complexity index is 751. The van der Waals surface area contributed by atoms with Gasteiger partial charge in [-0.05, 0) is 6.07 Å². The molecule has 0 saturated carbocycles. The van der Waals surface area contributed by atoms with Crippen molar-refractivity contribution in [1.29, 1.82) is 0 Å². The minimum Gasteiger partial charge on any atom is -0.398 e. The van der Waals surface area contributed by atoms with Gasteiger partial charge in [0, 0.05) is 10.9 Å². The Labute approximate surface area is 110 Å². The molecule has 0 radical (unpaired) electrons. The van der Waals surface area contributed by atoms with Crippen molar-refractivity contribution in [3.05, 3.63) is 60.2 Å². The van der Waals surface area contributed by atoms with Crippen molar-refractivity contribution in [3.8, 4) is 11.3 Å². The SMILES string of the molecule is Nc1c(C=O)c(-c2ccccc2)nc2ccccc12. The Kier molecular flexibility index (Phi) is 2.72. The van der Waals surface area contributed by atoms with E-state index in [4.69, 9.17) is 5.73 Å². The Hall–Kier alpha value is -2.68. The molecule has 3 aromatic rings. The number of nitrogens with two attached hydrogens (primary N) is 1. The summed E-state index contributed by atoms with van der Waals surface area (Å²) in [6.07, 6.45) is 0.775. The van der Waals surface area contributed by atoms with Gasteiger partial charge >= 0.3 is 0 Å². The number of carbonyl (C=O) groups excluding carboxylic acids is 1. The molecule has 92 valence electrons. The van der Waals surface area contributed by atoms with Crippen molar-refractivity contribution in [2.45, 2.75) is 0 Å². The summed E-state index contributed by atoms with van der Waals surface area (Å²) in [6.45, 7) is 0. The summed E-state index contributed by atoms with van der Waals surface area (Å²) in [5.41, 5.74) is 9.35. The zero-order valence-electron chi connectivity index (χ0n) is 10.2. The highest BCUT2D eigenvalue weighted by Gasteiger charge is 2.13. The van der Waals surface area contributed by atoms with Crippen LogP contribution in [0, 0.1) is 0 Å². The van der Waals surface area contributed by atoms with Crippen LogP contribution in [0.15, 0.2) is 54.6 Å². The van der Waals surface area contributed by atoms with Crippen LogP contribution in [-0.4, -0.2) is 11.3 Å². The summed E-state index contributed by atoms with van der Waals surface area (Å²) in [5, 5.41) is 0.810. The summed E-state index contributed by atoms with van der Waals surface area (Å²) >= 11 is 0. The normalized spacial score (nSPS) is 10.5. The predicted molar refractivity (Wildman–Crippen MR) is 77.0 cm³/mol. The van der Waals surface area contributed by atoms with Gasteiger partial charge in [-0.1, -0.05) is 48.5 Å². The number of nitrogen functional groups attached to an aromatic ring is 1. The number of pyridine rings is 1. The van der Waals surface area contributed by atoms with Crippen LogP contribution < -0.4 is 5.73 Å². The predicted octanol–water partition coefficient (Wildman–Crippen LogP) is 3.30. The number of hydrogen-bond donors (Lipinski definition) is 1. The molecule has 0 aliphatic rings. The number of para-hydroxylation sites is 1. The van der Waals surface area contributed by atoms with E-state index in [0.29, 0.717) is 16.9 Å². The fraction of sp³-hybridized carbons (Fsp3) is 0.